The fourth-order valence-corrected chi connectivity index (χ4v) is 2.04. The number of benzene rings is 1. The summed E-state index contributed by atoms with van der Waals surface area (Å²) in [5, 5.41) is 5.32. The van der Waals surface area contributed by atoms with Gasteiger partial charge in [-0.05, 0) is 31.7 Å². The highest BCUT2D eigenvalue weighted by Gasteiger charge is 2.41. The maximum Gasteiger partial charge on any atom is 0.338 e. The van der Waals surface area contributed by atoms with Crippen LogP contribution in [0.3, 0.4) is 0 Å². The van der Waals surface area contributed by atoms with Gasteiger partial charge in [0.15, 0.2) is 0 Å². The number of amides is 1. The van der Waals surface area contributed by atoms with E-state index in [2.05, 4.69) is 10.6 Å². The monoisotopic (exact) mass is 280 g/mol. The van der Waals surface area contributed by atoms with Crippen molar-refractivity contribution in [1.82, 2.24) is 5.32 Å². The number of rotatable bonds is 4. The normalized spacial score (nSPS) is 21.5. The molecule has 6 heteroatoms. The fourth-order valence-electron chi connectivity index (χ4n) is 2.04. The van der Waals surface area contributed by atoms with Crippen molar-refractivity contribution in [3.63, 3.8) is 0 Å². The zero-order valence-corrected chi connectivity index (χ0v) is 11.2. The lowest BCUT2D eigenvalue weighted by molar-refractivity contribution is -0.126. The first-order chi connectivity index (χ1) is 9.55. The summed E-state index contributed by atoms with van der Waals surface area (Å²) < 4.78 is 19.1. The number of ether oxygens (including phenoxy) is 1. The summed E-state index contributed by atoms with van der Waals surface area (Å²) in [6, 6.07) is 6.27. The van der Waals surface area contributed by atoms with Crippen LogP contribution >= 0.6 is 0 Å². The molecule has 2 rings (SSSR count). The van der Waals surface area contributed by atoms with Gasteiger partial charge in [-0.2, -0.15) is 0 Å². The molecule has 2 N–H and O–H groups in total. The van der Waals surface area contributed by atoms with E-state index in [1.54, 1.807) is 25.1 Å². The second-order valence-corrected chi connectivity index (χ2v) is 4.65. The number of carbonyl (C=O) groups excluding carboxylic acids is 2. The molecule has 0 unspecified atom stereocenters. The van der Waals surface area contributed by atoms with E-state index >= 15 is 0 Å². The van der Waals surface area contributed by atoms with Gasteiger partial charge in [0.2, 0.25) is 5.67 Å². The van der Waals surface area contributed by atoms with Gasteiger partial charge in [0.05, 0.1) is 12.2 Å². The molecule has 5 nitrogen and oxygen atoms in total. The molecule has 0 radical (unpaired) electrons. The van der Waals surface area contributed by atoms with Crippen molar-refractivity contribution in [3.8, 4) is 0 Å². The van der Waals surface area contributed by atoms with Crippen LogP contribution in [0.1, 0.15) is 23.7 Å². The first-order valence-corrected chi connectivity index (χ1v) is 6.53. The SMILES string of the molecule is CCOC(=O)c1cccc(NC(=O)[C@]2(F)CCNC2)c1. The Balaban J connectivity index is 2.08. The van der Waals surface area contributed by atoms with Gasteiger partial charge in [0.25, 0.3) is 5.91 Å². The topological polar surface area (TPSA) is 67.4 Å². The van der Waals surface area contributed by atoms with Crippen LogP contribution in [0, 0.1) is 0 Å². The highest BCUT2D eigenvalue weighted by Crippen LogP contribution is 2.22. The Hall–Kier alpha value is -1.95. The van der Waals surface area contributed by atoms with Crippen LogP contribution in [0.2, 0.25) is 0 Å². The number of anilines is 1. The number of nitrogens with one attached hydrogen (secondary N) is 2. The summed E-state index contributed by atoms with van der Waals surface area (Å²) in [7, 11) is 0. The number of halogens is 1. The van der Waals surface area contributed by atoms with Crippen molar-refractivity contribution in [2.24, 2.45) is 0 Å². The largest absolute Gasteiger partial charge is 0.462 e. The van der Waals surface area contributed by atoms with Gasteiger partial charge < -0.3 is 15.4 Å². The van der Waals surface area contributed by atoms with Gasteiger partial charge in [-0.3, -0.25) is 4.79 Å². The summed E-state index contributed by atoms with van der Waals surface area (Å²) in [5.41, 5.74) is -1.19. The molecule has 1 aromatic carbocycles. The highest BCUT2D eigenvalue weighted by atomic mass is 19.1. The molecule has 1 amide bonds. The molecule has 0 spiro atoms. The van der Waals surface area contributed by atoms with Crippen LogP contribution in [0.5, 0.6) is 0 Å². The molecule has 1 aliphatic rings. The van der Waals surface area contributed by atoms with Gasteiger partial charge in [-0.25, -0.2) is 9.18 Å². The zero-order valence-electron chi connectivity index (χ0n) is 11.2. The van der Waals surface area contributed by atoms with E-state index in [4.69, 9.17) is 4.74 Å². The summed E-state index contributed by atoms with van der Waals surface area (Å²) in [5.74, 6) is -1.16. The minimum absolute atomic E-state index is 0.0103. The standard InChI is InChI=1S/C14H17FN2O3/c1-2-20-12(18)10-4-3-5-11(8-10)17-13(19)14(15)6-7-16-9-14/h3-5,8,16H,2,6-7,9H2,1H3,(H,17,19)/t14-/m0/s1. The molecule has 0 aromatic heterocycles. The van der Waals surface area contributed by atoms with Crippen molar-refractivity contribution in [2.45, 2.75) is 19.0 Å². The van der Waals surface area contributed by atoms with Gasteiger partial charge in [-0.1, -0.05) is 6.07 Å². The first-order valence-electron chi connectivity index (χ1n) is 6.53. The average Bonchev–Trinajstić information content (AvgIpc) is 2.88. The molecule has 1 aromatic rings. The predicted octanol–water partition coefficient (Wildman–Crippen LogP) is 1.50. The Labute approximate surface area is 116 Å². The maximum absolute atomic E-state index is 14.2. The third-order valence-corrected chi connectivity index (χ3v) is 3.14. The van der Waals surface area contributed by atoms with Crippen LogP contribution in [-0.2, 0) is 9.53 Å². The zero-order chi connectivity index (χ0) is 14.6. The Bertz CT molecular complexity index is 513. The molecule has 1 saturated heterocycles. The molecule has 1 fully saturated rings. The third-order valence-electron chi connectivity index (χ3n) is 3.14. The molecule has 108 valence electrons. The summed E-state index contributed by atoms with van der Waals surface area (Å²) >= 11 is 0. The molecular formula is C14H17FN2O3. The van der Waals surface area contributed by atoms with Crippen molar-refractivity contribution >= 4 is 17.6 Å². The van der Waals surface area contributed by atoms with Crippen LogP contribution in [-0.4, -0.2) is 37.2 Å². The predicted molar refractivity (Wildman–Crippen MR) is 72.4 cm³/mol. The van der Waals surface area contributed by atoms with E-state index in [0.717, 1.165) is 0 Å². The lowest BCUT2D eigenvalue weighted by atomic mass is 10.0. The maximum atomic E-state index is 14.2. The molecule has 1 aliphatic heterocycles. The third kappa shape index (κ3) is 3.14. The molecule has 1 heterocycles. The van der Waals surface area contributed by atoms with E-state index in [-0.39, 0.29) is 19.6 Å². The van der Waals surface area contributed by atoms with Gasteiger partial charge in [0.1, 0.15) is 0 Å². The highest BCUT2D eigenvalue weighted by molar-refractivity contribution is 5.99. The van der Waals surface area contributed by atoms with E-state index < -0.39 is 17.5 Å². The van der Waals surface area contributed by atoms with Gasteiger partial charge in [-0.15, -0.1) is 0 Å². The number of carbonyl (C=O) groups is 2. The summed E-state index contributed by atoms with van der Waals surface area (Å²) in [6.07, 6.45) is 0.149. The van der Waals surface area contributed by atoms with Crippen molar-refractivity contribution < 1.29 is 18.7 Å². The van der Waals surface area contributed by atoms with E-state index in [9.17, 15) is 14.0 Å². The lowest BCUT2D eigenvalue weighted by Crippen LogP contribution is -2.40. The number of hydrogen-bond acceptors (Lipinski definition) is 4. The Morgan fingerprint density at radius 1 is 1.50 bits per heavy atom. The lowest BCUT2D eigenvalue weighted by Gasteiger charge is -2.17. The Kier molecular flexibility index (Phi) is 4.34. The first kappa shape index (κ1) is 14.5. The van der Waals surface area contributed by atoms with Crippen LogP contribution in [0.4, 0.5) is 10.1 Å². The molecule has 1 atom stereocenters. The fraction of sp³-hybridized carbons (Fsp3) is 0.429. The number of alkyl halides is 1. The van der Waals surface area contributed by atoms with Crippen molar-refractivity contribution in [2.75, 3.05) is 25.0 Å². The molecule has 0 aliphatic carbocycles. The van der Waals surface area contributed by atoms with Crippen LogP contribution < -0.4 is 10.6 Å². The Morgan fingerprint density at radius 2 is 2.30 bits per heavy atom. The molecule has 20 heavy (non-hydrogen) atoms. The van der Waals surface area contributed by atoms with E-state index in [0.29, 0.717) is 17.8 Å². The van der Waals surface area contributed by atoms with Crippen molar-refractivity contribution in [1.29, 1.82) is 0 Å². The smallest absolute Gasteiger partial charge is 0.338 e. The second-order valence-electron chi connectivity index (χ2n) is 4.65. The minimum atomic E-state index is -1.89. The Morgan fingerprint density at radius 3 is 2.95 bits per heavy atom. The molecular weight excluding hydrogens is 263 g/mol. The van der Waals surface area contributed by atoms with E-state index in [1.807, 2.05) is 0 Å². The minimum Gasteiger partial charge on any atom is -0.462 e. The number of hydrogen-bond donors (Lipinski definition) is 2. The second kappa shape index (κ2) is 6.00. The van der Waals surface area contributed by atoms with Crippen LogP contribution in [0.15, 0.2) is 24.3 Å². The van der Waals surface area contributed by atoms with Gasteiger partial charge in [0, 0.05) is 18.7 Å². The molecule has 0 saturated carbocycles. The van der Waals surface area contributed by atoms with Gasteiger partial charge >= 0.3 is 5.97 Å². The average molecular weight is 280 g/mol. The van der Waals surface area contributed by atoms with E-state index in [1.165, 1.54) is 6.07 Å². The number of esters is 1. The van der Waals surface area contributed by atoms with Crippen LogP contribution in [0.25, 0.3) is 0 Å². The quantitative estimate of drug-likeness (QED) is 0.820. The van der Waals surface area contributed by atoms with Crippen molar-refractivity contribution in [3.05, 3.63) is 29.8 Å². The summed E-state index contributed by atoms with van der Waals surface area (Å²) in [6.45, 7) is 2.47. The molecule has 0 bridgehead atoms. The summed E-state index contributed by atoms with van der Waals surface area (Å²) in [4.78, 5) is 23.5.